The monoisotopic (exact) mass is 352 g/mol. The summed E-state index contributed by atoms with van der Waals surface area (Å²) in [6, 6.07) is 14.0. The fraction of sp³-hybridized carbons (Fsp3) is 0.267. The van der Waals surface area contributed by atoms with Crippen LogP contribution in [0.4, 0.5) is 0 Å². The van der Waals surface area contributed by atoms with E-state index in [1.165, 1.54) is 16.9 Å². The van der Waals surface area contributed by atoms with Crippen molar-refractivity contribution in [2.75, 3.05) is 20.1 Å². The molecule has 0 atom stereocenters. The number of thiophene rings is 1. The van der Waals surface area contributed by atoms with Crippen LogP contribution in [-0.4, -0.2) is 30.9 Å². The first-order valence-corrected chi connectivity index (χ1v) is 8.02. The third-order valence-corrected chi connectivity index (χ3v) is 4.49. The zero-order chi connectivity index (χ0) is 14.4. The van der Waals surface area contributed by atoms with Gasteiger partial charge < -0.3 is 10.2 Å². The van der Waals surface area contributed by atoms with Crippen LogP contribution in [0, 0.1) is 0 Å². The normalized spacial score (nSPS) is 10.8. The van der Waals surface area contributed by atoms with Crippen molar-refractivity contribution in [3.05, 3.63) is 56.7 Å². The molecule has 5 heteroatoms. The van der Waals surface area contributed by atoms with E-state index in [2.05, 4.69) is 45.3 Å². The smallest absolute Gasteiger partial charge is 0.261 e. The van der Waals surface area contributed by atoms with E-state index in [-0.39, 0.29) is 5.91 Å². The number of carbonyl (C=O) groups excluding carboxylic acids is 1. The molecule has 0 spiro atoms. The van der Waals surface area contributed by atoms with E-state index in [9.17, 15) is 4.79 Å². The summed E-state index contributed by atoms with van der Waals surface area (Å²) in [5.74, 6) is -0.00573. The lowest BCUT2D eigenvalue weighted by atomic mass is 10.2. The molecular formula is C15H17BrN2OS. The highest BCUT2D eigenvalue weighted by atomic mass is 79.9. The topological polar surface area (TPSA) is 32.3 Å². The lowest BCUT2D eigenvalue weighted by Gasteiger charge is -2.16. The minimum Gasteiger partial charge on any atom is -0.350 e. The molecule has 0 unspecified atom stereocenters. The van der Waals surface area contributed by atoms with Crippen LogP contribution in [-0.2, 0) is 6.54 Å². The molecular weight excluding hydrogens is 336 g/mol. The van der Waals surface area contributed by atoms with E-state index >= 15 is 0 Å². The molecule has 0 saturated carbocycles. The van der Waals surface area contributed by atoms with Crippen LogP contribution < -0.4 is 5.32 Å². The van der Waals surface area contributed by atoms with Gasteiger partial charge in [-0.15, -0.1) is 11.3 Å². The maximum atomic E-state index is 11.9. The van der Waals surface area contributed by atoms with Crippen LogP contribution in [0.3, 0.4) is 0 Å². The predicted molar refractivity (Wildman–Crippen MR) is 87.1 cm³/mol. The lowest BCUT2D eigenvalue weighted by Crippen LogP contribution is -2.32. The third-order valence-electron chi connectivity index (χ3n) is 2.87. The average Bonchev–Trinajstić information content (AvgIpc) is 2.86. The van der Waals surface area contributed by atoms with Gasteiger partial charge in [0.1, 0.15) is 0 Å². The molecule has 1 N–H and O–H groups in total. The summed E-state index contributed by atoms with van der Waals surface area (Å²) in [4.78, 5) is 14.8. The largest absolute Gasteiger partial charge is 0.350 e. The van der Waals surface area contributed by atoms with Crippen molar-refractivity contribution < 1.29 is 4.79 Å². The van der Waals surface area contributed by atoms with Crippen LogP contribution >= 0.6 is 27.3 Å². The van der Waals surface area contributed by atoms with Gasteiger partial charge in [-0.05, 0) is 40.7 Å². The van der Waals surface area contributed by atoms with Gasteiger partial charge in [0, 0.05) is 19.6 Å². The number of nitrogens with zero attached hydrogens (tertiary/aromatic N) is 1. The molecule has 2 rings (SSSR count). The molecule has 1 aromatic heterocycles. The molecule has 0 fully saturated rings. The molecule has 0 aliphatic carbocycles. The number of carbonyl (C=O) groups is 1. The Balaban J connectivity index is 1.71. The number of benzene rings is 1. The molecule has 106 valence electrons. The molecule has 3 nitrogen and oxygen atoms in total. The molecule has 1 heterocycles. The fourth-order valence-electron chi connectivity index (χ4n) is 1.86. The number of hydrogen-bond donors (Lipinski definition) is 1. The summed E-state index contributed by atoms with van der Waals surface area (Å²) in [5.41, 5.74) is 1.28. The van der Waals surface area contributed by atoms with Crippen molar-refractivity contribution in [2.24, 2.45) is 0 Å². The van der Waals surface area contributed by atoms with Gasteiger partial charge in [0.15, 0.2) is 0 Å². The Morgan fingerprint density at radius 2 is 2.00 bits per heavy atom. The molecule has 2 aromatic rings. The summed E-state index contributed by atoms with van der Waals surface area (Å²) in [6.45, 7) is 2.37. The van der Waals surface area contributed by atoms with Crippen LogP contribution in [0.5, 0.6) is 0 Å². The first kappa shape index (κ1) is 15.2. The highest BCUT2D eigenvalue weighted by molar-refractivity contribution is 9.11. The average molecular weight is 353 g/mol. The molecule has 0 radical (unpaired) electrons. The summed E-state index contributed by atoms with van der Waals surface area (Å²) in [7, 11) is 2.06. The second-order valence-corrected chi connectivity index (χ2v) is 7.05. The van der Waals surface area contributed by atoms with E-state index in [0.29, 0.717) is 6.54 Å². The van der Waals surface area contributed by atoms with Gasteiger partial charge in [0.25, 0.3) is 5.91 Å². The minimum absolute atomic E-state index is 0.00573. The van der Waals surface area contributed by atoms with E-state index in [1.807, 2.05) is 30.3 Å². The Hall–Kier alpha value is -1.17. The molecule has 0 saturated heterocycles. The van der Waals surface area contributed by atoms with Crippen molar-refractivity contribution >= 4 is 33.2 Å². The number of hydrogen-bond acceptors (Lipinski definition) is 3. The molecule has 0 aliphatic rings. The van der Waals surface area contributed by atoms with Gasteiger partial charge in [0.2, 0.25) is 0 Å². The zero-order valence-electron chi connectivity index (χ0n) is 11.3. The van der Waals surface area contributed by atoms with Gasteiger partial charge in [-0.25, -0.2) is 0 Å². The minimum atomic E-state index is -0.00573. The fourth-order valence-corrected chi connectivity index (χ4v) is 3.16. The summed E-state index contributed by atoms with van der Waals surface area (Å²) >= 11 is 4.81. The Labute approximate surface area is 131 Å². The quantitative estimate of drug-likeness (QED) is 0.864. The molecule has 20 heavy (non-hydrogen) atoms. The lowest BCUT2D eigenvalue weighted by molar-refractivity contribution is 0.0953. The number of halogens is 1. The van der Waals surface area contributed by atoms with Crippen molar-refractivity contribution in [1.29, 1.82) is 0 Å². The van der Waals surface area contributed by atoms with Gasteiger partial charge >= 0.3 is 0 Å². The van der Waals surface area contributed by atoms with E-state index < -0.39 is 0 Å². The second-order valence-electron chi connectivity index (χ2n) is 4.58. The van der Waals surface area contributed by atoms with Gasteiger partial charge in [-0.3, -0.25) is 4.79 Å². The summed E-state index contributed by atoms with van der Waals surface area (Å²) in [6.07, 6.45) is 0. The Bertz CT molecular complexity index is 556. The summed E-state index contributed by atoms with van der Waals surface area (Å²) in [5, 5.41) is 2.94. The first-order chi connectivity index (χ1) is 9.65. The Morgan fingerprint density at radius 1 is 1.25 bits per heavy atom. The molecule has 1 aromatic carbocycles. The van der Waals surface area contributed by atoms with Gasteiger partial charge in [-0.1, -0.05) is 30.3 Å². The van der Waals surface area contributed by atoms with Crippen molar-refractivity contribution in [2.45, 2.75) is 6.54 Å². The maximum Gasteiger partial charge on any atom is 0.261 e. The molecule has 0 bridgehead atoms. The van der Waals surface area contributed by atoms with E-state index in [0.717, 1.165) is 21.8 Å². The highest BCUT2D eigenvalue weighted by Crippen LogP contribution is 2.21. The van der Waals surface area contributed by atoms with Crippen molar-refractivity contribution in [3.8, 4) is 0 Å². The Morgan fingerprint density at radius 3 is 2.65 bits per heavy atom. The standard InChI is InChI=1S/C15H17BrN2OS/c1-18(11-12-5-3-2-4-6-12)10-9-17-15(19)13-7-8-14(16)20-13/h2-8H,9-11H2,1H3,(H,17,19). The zero-order valence-corrected chi connectivity index (χ0v) is 13.7. The van der Waals surface area contributed by atoms with E-state index in [4.69, 9.17) is 0 Å². The summed E-state index contributed by atoms with van der Waals surface area (Å²) < 4.78 is 0.976. The maximum absolute atomic E-state index is 11.9. The van der Waals surface area contributed by atoms with Crippen LogP contribution in [0.15, 0.2) is 46.3 Å². The molecule has 0 aliphatic heterocycles. The first-order valence-electron chi connectivity index (χ1n) is 6.41. The third kappa shape index (κ3) is 4.74. The SMILES string of the molecule is CN(CCNC(=O)c1ccc(Br)s1)Cc1ccccc1. The van der Waals surface area contributed by atoms with Gasteiger partial charge in [0.05, 0.1) is 8.66 Å². The van der Waals surface area contributed by atoms with E-state index in [1.54, 1.807) is 0 Å². The predicted octanol–water partition coefficient (Wildman–Crippen LogP) is 3.37. The highest BCUT2D eigenvalue weighted by Gasteiger charge is 2.08. The Kier molecular flexibility index (Phi) is 5.76. The van der Waals surface area contributed by atoms with Gasteiger partial charge in [-0.2, -0.15) is 0 Å². The van der Waals surface area contributed by atoms with Crippen LogP contribution in [0.25, 0.3) is 0 Å². The number of rotatable bonds is 6. The number of likely N-dealkylation sites (N-methyl/N-ethyl adjacent to an activating group) is 1. The number of nitrogens with one attached hydrogen (secondary N) is 1. The van der Waals surface area contributed by atoms with Crippen LogP contribution in [0.1, 0.15) is 15.2 Å². The van der Waals surface area contributed by atoms with Crippen molar-refractivity contribution in [3.63, 3.8) is 0 Å². The molecule has 1 amide bonds. The van der Waals surface area contributed by atoms with Crippen LogP contribution in [0.2, 0.25) is 0 Å². The second kappa shape index (κ2) is 7.57. The number of amides is 1. The van der Waals surface area contributed by atoms with Crippen molar-refractivity contribution in [1.82, 2.24) is 10.2 Å².